The number of amides is 2. The Labute approximate surface area is 191 Å². The van der Waals surface area contributed by atoms with Gasteiger partial charge in [-0.1, -0.05) is 78.9 Å². The van der Waals surface area contributed by atoms with Crippen LogP contribution in [0.15, 0.2) is 83.9 Å². The molecule has 2 N–H and O–H groups in total. The first-order chi connectivity index (χ1) is 16.2. The first-order valence-corrected chi connectivity index (χ1v) is 10.6. The number of alkyl carbamates (subject to hydrolysis) is 1. The van der Waals surface area contributed by atoms with Gasteiger partial charge in [-0.15, -0.1) is 0 Å². The van der Waals surface area contributed by atoms with Crippen LogP contribution in [0.1, 0.15) is 22.6 Å². The largest absolute Gasteiger partial charge is 0.449 e. The van der Waals surface area contributed by atoms with Gasteiger partial charge in [-0.3, -0.25) is 4.79 Å². The zero-order valence-electron chi connectivity index (χ0n) is 17.9. The van der Waals surface area contributed by atoms with Gasteiger partial charge in [-0.2, -0.15) is 4.99 Å². The fraction of sp³-hybridized carbons (Fsp3) is 0.192. The number of rotatable bonds is 8. The molecule has 1 aliphatic rings. The minimum atomic E-state index is -0.762. The summed E-state index contributed by atoms with van der Waals surface area (Å²) in [4.78, 5) is 38.8. The monoisotopic (exact) mass is 441 g/mol. The molecule has 7 nitrogen and oxygen atoms in total. The molecule has 1 atom stereocenters. The van der Waals surface area contributed by atoms with Gasteiger partial charge >= 0.3 is 6.09 Å². The maximum atomic E-state index is 12.2. The van der Waals surface area contributed by atoms with Crippen LogP contribution in [0.2, 0.25) is 0 Å². The first kappa shape index (κ1) is 22.0. The second kappa shape index (κ2) is 10.4. The molecular weight excluding hydrogens is 418 g/mol. The van der Waals surface area contributed by atoms with Crippen molar-refractivity contribution in [2.24, 2.45) is 4.99 Å². The highest BCUT2D eigenvalue weighted by Crippen LogP contribution is 2.44. The number of nitrogens with one attached hydrogen (secondary N) is 2. The number of hydrogen-bond acceptors (Lipinski definition) is 5. The minimum Gasteiger partial charge on any atom is -0.449 e. The Bertz CT molecular complexity index is 1140. The molecule has 0 aliphatic heterocycles. The number of ether oxygens (including phenoxy) is 1. The van der Waals surface area contributed by atoms with Gasteiger partial charge in [-0.25, -0.2) is 9.59 Å². The third-order valence-electron chi connectivity index (χ3n) is 5.54. The molecule has 4 rings (SSSR count). The molecule has 3 aromatic carbocycles. The lowest BCUT2D eigenvalue weighted by Gasteiger charge is -2.15. The Balaban J connectivity index is 1.29. The lowest BCUT2D eigenvalue weighted by atomic mass is 9.98. The molecule has 0 heterocycles. The van der Waals surface area contributed by atoms with Crippen LogP contribution in [-0.4, -0.2) is 37.4 Å². The zero-order chi connectivity index (χ0) is 23.0. The molecule has 1 aliphatic carbocycles. The van der Waals surface area contributed by atoms with E-state index >= 15 is 0 Å². The van der Waals surface area contributed by atoms with Crippen LogP contribution in [0.3, 0.4) is 0 Å². The minimum absolute atomic E-state index is 0.0610. The van der Waals surface area contributed by atoms with Crippen molar-refractivity contribution < 1.29 is 19.1 Å². The SMILES string of the molecule is O=C=N[C@H](Cc1ccccc1)NC(=O)CNC(=O)OCC1c2ccccc2-c2ccccc21. The van der Waals surface area contributed by atoms with E-state index in [9.17, 15) is 14.4 Å². The molecule has 166 valence electrons. The Morgan fingerprint density at radius 2 is 1.52 bits per heavy atom. The summed E-state index contributed by atoms with van der Waals surface area (Å²) < 4.78 is 5.42. The topological polar surface area (TPSA) is 96.9 Å². The van der Waals surface area contributed by atoms with Gasteiger partial charge in [0, 0.05) is 12.3 Å². The quantitative estimate of drug-likeness (QED) is 0.413. The predicted octanol–water partition coefficient (Wildman–Crippen LogP) is 3.55. The van der Waals surface area contributed by atoms with Gasteiger partial charge in [-0.05, 0) is 27.8 Å². The molecular formula is C26H23N3O4. The van der Waals surface area contributed by atoms with E-state index in [0.717, 1.165) is 27.8 Å². The molecule has 0 saturated carbocycles. The smallest absolute Gasteiger partial charge is 0.407 e. The highest BCUT2D eigenvalue weighted by molar-refractivity contribution is 5.82. The maximum Gasteiger partial charge on any atom is 0.407 e. The second-order valence-corrected chi connectivity index (χ2v) is 7.67. The predicted molar refractivity (Wildman–Crippen MR) is 123 cm³/mol. The number of carbonyl (C=O) groups excluding carboxylic acids is 3. The highest BCUT2D eigenvalue weighted by atomic mass is 16.5. The van der Waals surface area contributed by atoms with Gasteiger partial charge in [0.25, 0.3) is 0 Å². The molecule has 0 fully saturated rings. The van der Waals surface area contributed by atoms with Crippen molar-refractivity contribution in [3.63, 3.8) is 0 Å². The Hall–Kier alpha value is -4.22. The molecule has 2 amide bonds. The Morgan fingerprint density at radius 3 is 2.15 bits per heavy atom. The fourth-order valence-corrected chi connectivity index (χ4v) is 4.07. The number of nitrogens with zero attached hydrogens (tertiary/aromatic N) is 1. The lowest BCUT2D eigenvalue weighted by molar-refractivity contribution is -0.120. The summed E-state index contributed by atoms with van der Waals surface area (Å²) in [6.45, 7) is -0.135. The van der Waals surface area contributed by atoms with E-state index in [2.05, 4.69) is 27.8 Å². The van der Waals surface area contributed by atoms with Crippen molar-refractivity contribution >= 4 is 18.1 Å². The summed E-state index contributed by atoms with van der Waals surface area (Å²) in [7, 11) is 0. The van der Waals surface area contributed by atoms with Gasteiger partial charge in [0.2, 0.25) is 12.0 Å². The van der Waals surface area contributed by atoms with E-state index in [1.807, 2.05) is 66.7 Å². The van der Waals surface area contributed by atoms with Gasteiger partial charge in [0.1, 0.15) is 19.3 Å². The highest BCUT2D eigenvalue weighted by Gasteiger charge is 2.29. The average Bonchev–Trinajstić information content (AvgIpc) is 3.16. The number of carbonyl (C=O) groups is 2. The van der Waals surface area contributed by atoms with Crippen molar-refractivity contribution in [3.05, 3.63) is 95.6 Å². The summed E-state index contributed by atoms with van der Waals surface area (Å²) in [6.07, 6.45) is 0.363. The van der Waals surface area contributed by atoms with Crippen LogP contribution in [0.5, 0.6) is 0 Å². The van der Waals surface area contributed by atoms with Gasteiger partial charge in [0.05, 0.1) is 0 Å². The first-order valence-electron chi connectivity index (χ1n) is 10.6. The summed E-state index contributed by atoms with van der Waals surface area (Å²) in [6, 6.07) is 25.4. The number of isocyanates is 1. The number of fused-ring (bicyclic) bond motifs is 3. The number of hydrogen-bond donors (Lipinski definition) is 2. The van der Waals surface area contributed by atoms with Crippen LogP contribution in [0.25, 0.3) is 11.1 Å². The van der Waals surface area contributed by atoms with Crippen LogP contribution < -0.4 is 10.6 Å². The Morgan fingerprint density at radius 1 is 0.909 bits per heavy atom. The van der Waals surface area contributed by atoms with Crippen LogP contribution in [0, 0.1) is 0 Å². The second-order valence-electron chi connectivity index (χ2n) is 7.67. The Kier molecular flexibility index (Phi) is 6.93. The lowest BCUT2D eigenvalue weighted by Crippen LogP contribution is -2.42. The molecule has 0 spiro atoms. The van der Waals surface area contributed by atoms with E-state index < -0.39 is 18.2 Å². The number of aliphatic imine (C=N–C) groups is 1. The van der Waals surface area contributed by atoms with Gasteiger partial charge < -0.3 is 15.4 Å². The van der Waals surface area contributed by atoms with Crippen molar-refractivity contribution in [1.29, 1.82) is 0 Å². The van der Waals surface area contributed by atoms with E-state index in [4.69, 9.17) is 4.74 Å². The third-order valence-corrected chi connectivity index (χ3v) is 5.54. The zero-order valence-corrected chi connectivity index (χ0v) is 17.9. The fourth-order valence-electron chi connectivity index (χ4n) is 4.07. The van der Waals surface area contributed by atoms with Crippen molar-refractivity contribution in [2.45, 2.75) is 18.5 Å². The van der Waals surface area contributed by atoms with E-state index in [1.165, 1.54) is 6.08 Å². The summed E-state index contributed by atoms with van der Waals surface area (Å²) in [5.41, 5.74) is 5.41. The molecule has 0 aromatic heterocycles. The maximum absolute atomic E-state index is 12.2. The molecule has 0 bridgehead atoms. The van der Waals surface area contributed by atoms with Crippen molar-refractivity contribution in [2.75, 3.05) is 13.2 Å². The van der Waals surface area contributed by atoms with E-state index in [-0.39, 0.29) is 19.1 Å². The molecule has 0 saturated heterocycles. The van der Waals surface area contributed by atoms with Crippen LogP contribution >= 0.6 is 0 Å². The van der Waals surface area contributed by atoms with Crippen molar-refractivity contribution in [3.8, 4) is 11.1 Å². The standard InChI is InChI=1S/C26H23N3O4/c30-17-28-24(14-18-8-2-1-3-9-18)29-25(31)15-27-26(32)33-16-23-21-12-6-4-10-19(21)20-11-5-7-13-22(20)23/h1-13,23-24H,14-16H2,(H,27,32)(H,29,31)/t24-/m0/s1. The molecule has 7 heteroatoms. The third kappa shape index (κ3) is 5.34. The molecule has 0 radical (unpaired) electrons. The van der Waals surface area contributed by atoms with Gasteiger partial charge in [0.15, 0.2) is 0 Å². The average molecular weight is 441 g/mol. The summed E-state index contributed by atoms with van der Waals surface area (Å²) in [5.74, 6) is -0.544. The van der Waals surface area contributed by atoms with E-state index in [1.54, 1.807) is 0 Å². The molecule has 33 heavy (non-hydrogen) atoms. The van der Waals surface area contributed by atoms with Crippen LogP contribution in [0.4, 0.5) is 4.79 Å². The van der Waals surface area contributed by atoms with E-state index in [0.29, 0.717) is 6.42 Å². The molecule has 3 aromatic rings. The van der Waals surface area contributed by atoms with Crippen molar-refractivity contribution in [1.82, 2.24) is 10.6 Å². The summed E-state index contributed by atoms with van der Waals surface area (Å²) in [5, 5.41) is 5.06. The van der Waals surface area contributed by atoms with Crippen LogP contribution in [-0.2, 0) is 20.7 Å². The molecule has 0 unspecified atom stereocenters. The normalized spacial score (nSPS) is 12.6. The number of benzene rings is 3. The summed E-state index contributed by atoms with van der Waals surface area (Å²) >= 11 is 0.